The number of benzene rings is 1. The van der Waals surface area contributed by atoms with Gasteiger partial charge in [0.15, 0.2) is 17.2 Å². The van der Waals surface area contributed by atoms with Gasteiger partial charge in [0.1, 0.15) is 30.2 Å². The number of phenols is 1. The number of aliphatic imine (C=N–C) groups is 1. The van der Waals surface area contributed by atoms with Crippen LogP contribution in [0.15, 0.2) is 46.8 Å². The number of hydrogen-bond donors (Lipinski definition) is 3. The predicted octanol–water partition coefficient (Wildman–Crippen LogP) is 7.03. The molecule has 0 aromatic heterocycles. The SMILES string of the molecule is CCCCC1[CH-]C=C(CCc2ccc(O)c(OCC3(C4=C[C+](C(C)CCC(O)C(C)O)C=N4)CCCCC3)c2)O1. The largest absolute Gasteiger partial charge is 0.592 e. The number of ether oxygens (including phenoxy) is 2. The molecule has 0 saturated heterocycles. The molecule has 0 bridgehead atoms. The maximum Gasteiger partial charge on any atom is 0.184 e. The minimum absolute atomic E-state index is 0.167. The number of unbranched alkanes of at least 4 members (excludes halogenated alkanes) is 1. The van der Waals surface area contributed by atoms with Crippen LogP contribution in [0.1, 0.15) is 97.0 Å². The van der Waals surface area contributed by atoms with Gasteiger partial charge in [-0.2, -0.15) is 12.5 Å². The lowest BCUT2D eigenvalue weighted by Gasteiger charge is -2.32. The molecule has 4 atom stereocenters. The zero-order valence-electron chi connectivity index (χ0n) is 24.6. The maximum absolute atomic E-state index is 10.6. The summed E-state index contributed by atoms with van der Waals surface area (Å²) in [6, 6.07) is 5.67. The first-order chi connectivity index (χ1) is 19.3. The summed E-state index contributed by atoms with van der Waals surface area (Å²) in [5.41, 5.74) is 2.01. The van der Waals surface area contributed by atoms with Gasteiger partial charge in [0.2, 0.25) is 0 Å². The van der Waals surface area contributed by atoms with E-state index in [9.17, 15) is 15.3 Å². The summed E-state index contributed by atoms with van der Waals surface area (Å²) in [4.78, 5) is 4.87. The van der Waals surface area contributed by atoms with E-state index in [0.29, 0.717) is 18.8 Å². The molecule has 6 heteroatoms. The Kier molecular flexibility index (Phi) is 10.9. The Balaban J connectivity index is 1.36. The van der Waals surface area contributed by atoms with Gasteiger partial charge < -0.3 is 24.8 Å². The fourth-order valence-electron chi connectivity index (χ4n) is 5.97. The van der Waals surface area contributed by atoms with E-state index in [0.717, 1.165) is 68.4 Å². The molecule has 2 heterocycles. The fraction of sp³-hybridized carbons (Fsp3) is 0.618. The minimum atomic E-state index is -0.715. The van der Waals surface area contributed by atoms with Crippen molar-refractivity contribution in [3.05, 3.63) is 59.7 Å². The molecule has 0 radical (unpaired) electrons. The van der Waals surface area contributed by atoms with E-state index in [1.54, 1.807) is 13.0 Å². The van der Waals surface area contributed by atoms with Crippen molar-refractivity contribution in [3.8, 4) is 11.5 Å². The molecular formula is C34H49NO5. The Morgan fingerprint density at radius 3 is 2.70 bits per heavy atom. The molecule has 3 aliphatic rings. The Labute approximate surface area is 241 Å². The molecule has 1 aliphatic carbocycles. The van der Waals surface area contributed by atoms with Gasteiger partial charge in [-0.1, -0.05) is 57.3 Å². The maximum atomic E-state index is 10.6. The van der Waals surface area contributed by atoms with E-state index >= 15 is 0 Å². The van der Waals surface area contributed by atoms with Gasteiger partial charge in [0.25, 0.3) is 0 Å². The van der Waals surface area contributed by atoms with Crippen molar-refractivity contribution in [1.29, 1.82) is 0 Å². The van der Waals surface area contributed by atoms with Gasteiger partial charge >= 0.3 is 0 Å². The van der Waals surface area contributed by atoms with Crippen LogP contribution in [0, 0.1) is 23.7 Å². The number of phenolic OH excluding ortho intramolecular Hbond substituents is 1. The van der Waals surface area contributed by atoms with Crippen molar-refractivity contribution in [3.63, 3.8) is 0 Å². The molecule has 4 rings (SSSR count). The molecule has 40 heavy (non-hydrogen) atoms. The van der Waals surface area contributed by atoms with Crippen LogP contribution in [0.3, 0.4) is 0 Å². The van der Waals surface area contributed by atoms with Gasteiger partial charge in [-0.25, -0.2) is 0 Å². The quantitative estimate of drug-likeness (QED) is 0.204. The predicted molar refractivity (Wildman–Crippen MR) is 160 cm³/mol. The van der Waals surface area contributed by atoms with Gasteiger partial charge in [0, 0.05) is 12.0 Å². The lowest BCUT2D eigenvalue weighted by atomic mass is 9.72. The first kappa shape index (κ1) is 30.4. The van der Waals surface area contributed by atoms with Crippen molar-refractivity contribution >= 4 is 6.21 Å². The molecule has 1 saturated carbocycles. The smallest absolute Gasteiger partial charge is 0.184 e. The van der Waals surface area contributed by atoms with Crippen LogP contribution in [0.5, 0.6) is 11.5 Å². The van der Waals surface area contributed by atoms with Crippen molar-refractivity contribution in [2.75, 3.05) is 6.61 Å². The Morgan fingerprint density at radius 1 is 1.15 bits per heavy atom. The molecule has 0 amide bonds. The average Bonchev–Trinajstić information content (AvgIpc) is 3.64. The second-order valence-corrected chi connectivity index (χ2v) is 12.1. The highest BCUT2D eigenvalue weighted by molar-refractivity contribution is 5.83. The minimum Gasteiger partial charge on any atom is -0.592 e. The Morgan fingerprint density at radius 2 is 1.95 bits per heavy atom. The summed E-state index contributed by atoms with van der Waals surface area (Å²) < 4.78 is 12.5. The summed E-state index contributed by atoms with van der Waals surface area (Å²) in [5.74, 6) is 3.14. The highest BCUT2D eigenvalue weighted by atomic mass is 16.5. The number of rotatable bonds is 15. The molecule has 1 aromatic carbocycles. The molecule has 6 nitrogen and oxygen atoms in total. The third-order valence-electron chi connectivity index (χ3n) is 8.86. The van der Waals surface area contributed by atoms with Crippen molar-refractivity contribution in [1.82, 2.24) is 0 Å². The highest BCUT2D eigenvalue weighted by Crippen LogP contribution is 2.46. The van der Waals surface area contributed by atoms with Gasteiger partial charge in [0.05, 0.1) is 12.2 Å². The summed E-state index contributed by atoms with van der Waals surface area (Å²) in [6.07, 6.45) is 19.2. The number of allylic oxidation sites excluding steroid dienone is 2. The molecule has 1 aromatic rings. The van der Waals surface area contributed by atoms with Crippen LogP contribution >= 0.6 is 0 Å². The molecule has 220 valence electrons. The van der Waals surface area contributed by atoms with Crippen LogP contribution in [-0.4, -0.2) is 46.5 Å². The topological polar surface area (TPSA) is 91.5 Å². The second-order valence-electron chi connectivity index (χ2n) is 12.1. The molecule has 2 aliphatic heterocycles. The molecule has 0 spiro atoms. The molecule has 3 N–H and O–H groups in total. The Bertz CT molecular complexity index is 1040. The van der Waals surface area contributed by atoms with E-state index in [1.165, 1.54) is 25.2 Å². The van der Waals surface area contributed by atoms with Crippen molar-refractivity contribution in [2.24, 2.45) is 16.3 Å². The first-order valence-corrected chi connectivity index (χ1v) is 15.4. The van der Waals surface area contributed by atoms with Gasteiger partial charge in [-0.15, -0.1) is 4.99 Å². The van der Waals surface area contributed by atoms with E-state index in [-0.39, 0.29) is 23.2 Å². The van der Waals surface area contributed by atoms with Crippen LogP contribution in [0.4, 0.5) is 0 Å². The van der Waals surface area contributed by atoms with E-state index in [2.05, 4.69) is 32.4 Å². The van der Waals surface area contributed by atoms with E-state index < -0.39 is 12.2 Å². The van der Waals surface area contributed by atoms with Crippen molar-refractivity contribution in [2.45, 2.75) is 116 Å². The lowest BCUT2D eigenvalue weighted by Crippen LogP contribution is -2.32. The van der Waals surface area contributed by atoms with Crippen molar-refractivity contribution < 1.29 is 24.8 Å². The molecular weight excluding hydrogens is 502 g/mol. The number of aliphatic hydroxyl groups is 2. The summed E-state index contributed by atoms with van der Waals surface area (Å²) >= 11 is 0. The number of nitrogens with zero attached hydrogens (tertiary/aromatic N) is 1. The van der Waals surface area contributed by atoms with Crippen LogP contribution < -0.4 is 4.74 Å². The summed E-state index contributed by atoms with van der Waals surface area (Å²) in [6.45, 7) is 6.46. The normalized spacial score (nSPS) is 22.2. The third kappa shape index (κ3) is 8.01. The summed E-state index contributed by atoms with van der Waals surface area (Å²) in [5, 5.41) is 30.2. The second kappa shape index (κ2) is 14.4. The Hall–Kier alpha value is -2.57. The van der Waals surface area contributed by atoms with Crippen LogP contribution in [0.2, 0.25) is 0 Å². The number of aromatic hydroxyl groups is 1. The highest BCUT2D eigenvalue weighted by Gasteiger charge is 2.46. The lowest BCUT2D eigenvalue weighted by molar-refractivity contribution is 0.0233. The number of aryl methyl sites for hydroxylation is 1. The van der Waals surface area contributed by atoms with Gasteiger partial charge in [-0.05, 0) is 70.1 Å². The van der Waals surface area contributed by atoms with E-state index in [4.69, 9.17) is 14.5 Å². The standard InChI is InChI=1S/C34H49NO5/c1-4-5-9-28-14-15-29(40-28)13-11-26-12-17-31(38)32(20-26)39-23-34(18-7-6-8-19-34)33-21-27(22-35-33)24(2)10-16-30(37)25(3)36/h12,14-15,17,20-22,24-25,28,30,36-38H,4-11,13,16,18-19,23H2,1-3H3. The zero-order chi connectivity index (χ0) is 28.5. The molecule has 4 unspecified atom stereocenters. The fourth-order valence-corrected chi connectivity index (χ4v) is 5.97. The first-order valence-electron chi connectivity index (χ1n) is 15.4. The third-order valence-corrected chi connectivity index (χ3v) is 8.86. The molecule has 1 fully saturated rings. The average molecular weight is 552 g/mol. The zero-order valence-corrected chi connectivity index (χ0v) is 24.6. The number of aliphatic hydroxyl groups excluding tert-OH is 2. The van der Waals surface area contributed by atoms with Crippen LogP contribution in [-0.2, 0) is 11.2 Å². The number of hydrogen-bond acceptors (Lipinski definition) is 6. The monoisotopic (exact) mass is 551 g/mol. The van der Waals surface area contributed by atoms with Crippen LogP contribution in [0.25, 0.3) is 0 Å². The summed E-state index contributed by atoms with van der Waals surface area (Å²) in [7, 11) is 0. The van der Waals surface area contributed by atoms with Gasteiger partial charge in [-0.3, -0.25) is 0 Å². The van der Waals surface area contributed by atoms with E-state index in [1.807, 2.05) is 18.3 Å².